The summed E-state index contributed by atoms with van der Waals surface area (Å²) in [4.78, 5) is 11.7. The van der Waals surface area contributed by atoms with Crippen molar-refractivity contribution in [3.63, 3.8) is 0 Å². The number of rotatable bonds is 4. The molecule has 5 heteroatoms. The zero-order valence-corrected chi connectivity index (χ0v) is 11.8. The van der Waals surface area contributed by atoms with E-state index in [1.165, 1.54) is 0 Å². The summed E-state index contributed by atoms with van der Waals surface area (Å²) in [6, 6.07) is 5.67. The van der Waals surface area contributed by atoms with Gasteiger partial charge >= 0.3 is 0 Å². The Morgan fingerprint density at radius 3 is 2.82 bits per heavy atom. The van der Waals surface area contributed by atoms with E-state index in [1.54, 1.807) is 6.07 Å². The Bertz CT molecular complexity index is 435. The summed E-state index contributed by atoms with van der Waals surface area (Å²) in [6.07, 6.45) is 2.20. The minimum Gasteiger partial charge on any atom is -0.374 e. The Morgan fingerprint density at radius 1 is 1.53 bits per heavy atom. The van der Waals surface area contributed by atoms with Crippen LogP contribution in [0.3, 0.4) is 0 Å². The van der Waals surface area contributed by atoms with Gasteiger partial charge < -0.3 is 10.6 Å². The van der Waals surface area contributed by atoms with Crippen LogP contribution >= 0.6 is 27.5 Å². The third-order valence-electron chi connectivity index (χ3n) is 2.62. The largest absolute Gasteiger partial charge is 0.374 e. The molecule has 3 nitrogen and oxygen atoms in total. The first-order valence-electron chi connectivity index (χ1n) is 5.58. The lowest BCUT2D eigenvalue weighted by atomic mass is 10.2. The SMILES string of the molecule is CC(Nc1ccc(Br)c(Cl)c1)C(=O)NC1CC1. The number of benzene rings is 1. The monoisotopic (exact) mass is 316 g/mol. The smallest absolute Gasteiger partial charge is 0.242 e. The second kappa shape index (κ2) is 5.27. The van der Waals surface area contributed by atoms with Crippen molar-refractivity contribution in [3.05, 3.63) is 27.7 Å². The topological polar surface area (TPSA) is 41.1 Å². The van der Waals surface area contributed by atoms with Gasteiger partial charge in [0, 0.05) is 16.2 Å². The van der Waals surface area contributed by atoms with E-state index < -0.39 is 0 Å². The molecule has 0 aromatic heterocycles. The predicted octanol–water partition coefficient (Wildman–Crippen LogP) is 3.18. The van der Waals surface area contributed by atoms with Gasteiger partial charge in [-0.1, -0.05) is 11.6 Å². The van der Waals surface area contributed by atoms with E-state index in [-0.39, 0.29) is 11.9 Å². The van der Waals surface area contributed by atoms with Crippen LogP contribution in [0, 0.1) is 0 Å². The van der Waals surface area contributed by atoms with Gasteiger partial charge in [-0.2, -0.15) is 0 Å². The molecule has 1 fully saturated rings. The first-order chi connectivity index (χ1) is 8.06. The molecule has 1 aromatic rings. The zero-order valence-electron chi connectivity index (χ0n) is 9.47. The van der Waals surface area contributed by atoms with Crippen LogP contribution in [-0.4, -0.2) is 18.0 Å². The molecule has 0 radical (unpaired) electrons. The Morgan fingerprint density at radius 2 is 2.24 bits per heavy atom. The van der Waals surface area contributed by atoms with Crippen molar-refractivity contribution in [3.8, 4) is 0 Å². The van der Waals surface area contributed by atoms with E-state index in [9.17, 15) is 4.79 Å². The van der Waals surface area contributed by atoms with Gasteiger partial charge in [0.15, 0.2) is 0 Å². The van der Waals surface area contributed by atoms with Crippen LogP contribution in [0.5, 0.6) is 0 Å². The molecule has 92 valence electrons. The minimum atomic E-state index is -0.257. The van der Waals surface area contributed by atoms with Gasteiger partial charge in [0.25, 0.3) is 0 Å². The lowest BCUT2D eigenvalue weighted by Crippen LogP contribution is -2.38. The molecule has 1 saturated carbocycles. The van der Waals surface area contributed by atoms with Crippen molar-refractivity contribution in [1.82, 2.24) is 5.32 Å². The highest BCUT2D eigenvalue weighted by atomic mass is 79.9. The van der Waals surface area contributed by atoms with Crippen molar-refractivity contribution >= 4 is 39.1 Å². The van der Waals surface area contributed by atoms with E-state index in [0.717, 1.165) is 23.0 Å². The van der Waals surface area contributed by atoms with Gasteiger partial charge in [0.2, 0.25) is 5.91 Å². The lowest BCUT2D eigenvalue weighted by Gasteiger charge is -2.15. The molecule has 1 unspecified atom stereocenters. The summed E-state index contributed by atoms with van der Waals surface area (Å²) in [6.45, 7) is 1.84. The van der Waals surface area contributed by atoms with Gasteiger partial charge in [-0.05, 0) is 53.9 Å². The minimum absolute atomic E-state index is 0.0338. The summed E-state index contributed by atoms with van der Waals surface area (Å²) in [5.41, 5.74) is 0.844. The zero-order chi connectivity index (χ0) is 12.4. The summed E-state index contributed by atoms with van der Waals surface area (Å²) in [7, 11) is 0. The Balaban J connectivity index is 1.94. The first kappa shape index (κ1) is 12.7. The summed E-state index contributed by atoms with van der Waals surface area (Å²) in [5, 5.41) is 6.71. The fourth-order valence-corrected chi connectivity index (χ4v) is 1.88. The van der Waals surface area contributed by atoms with E-state index in [4.69, 9.17) is 11.6 Å². The number of hydrogen-bond donors (Lipinski definition) is 2. The van der Waals surface area contributed by atoms with E-state index in [1.807, 2.05) is 19.1 Å². The van der Waals surface area contributed by atoms with Crippen LogP contribution in [0.2, 0.25) is 5.02 Å². The lowest BCUT2D eigenvalue weighted by molar-refractivity contribution is -0.121. The van der Waals surface area contributed by atoms with Crippen molar-refractivity contribution in [2.45, 2.75) is 31.8 Å². The molecule has 0 heterocycles. The van der Waals surface area contributed by atoms with Crippen molar-refractivity contribution in [2.75, 3.05) is 5.32 Å². The first-order valence-corrected chi connectivity index (χ1v) is 6.75. The van der Waals surface area contributed by atoms with Crippen LogP contribution in [0.4, 0.5) is 5.69 Å². The van der Waals surface area contributed by atoms with Crippen LogP contribution in [0.15, 0.2) is 22.7 Å². The van der Waals surface area contributed by atoms with Crippen LogP contribution in [0.25, 0.3) is 0 Å². The highest BCUT2D eigenvalue weighted by molar-refractivity contribution is 9.10. The predicted molar refractivity (Wildman–Crippen MR) is 73.4 cm³/mol. The molecule has 1 aliphatic rings. The average Bonchev–Trinajstić information content (AvgIpc) is 3.07. The molecule has 0 spiro atoms. The molecule has 1 aromatic carbocycles. The number of anilines is 1. The molecule has 1 atom stereocenters. The second-order valence-electron chi connectivity index (χ2n) is 4.28. The maximum Gasteiger partial charge on any atom is 0.242 e. The maximum absolute atomic E-state index is 11.7. The van der Waals surface area contributed by atoms with E-state index >= 15 is 0 Å². The number of hydrogen-bond acceptors (Lipinski definition) is 2. The summed E-state index contributed by atoms with van der Waals surface area (Å²) >= 11 is 9.31. The Labute approximate surface area is 114 Å². The maximum atomic E-state index is 11.7. The standard InChI is InChI=1S/C12H14BrClN2O/c1-7(12(17)16-8-2-3-8)15-9-4-5-10(13)11(14)6-9/h4-8,15H,2-3H2,1H3,(H,16,17). The fourth-order valence-electron chi connectivity index (χ4n) is 1.46. The molecule has 0 aliphatic heterocycles. The molecule has 0 saturated heterocycles. The third kappa shape index (κ3) is 3.61. The normalized spacial score (nSPS) is 16.4. The second-order valence-corrected chi connectivity index (χ2v) is 5.54. The molecular formula is C12H14BrClN2O. The highest BCUT2D eigenvalue weighted by Gasteiger charge is 2.25. The van der Waals surface area contributed by atoms with Crippen LogP contribution in [-0.2, 0) is 4.79 Å². The van der Waals surface area contributed by atoms with Crippen molar-refractivity contribution < 1.29 is 4.79 Å². The molecular weight excluding hydrogens is 304 g/mol. The Kier molecular flexibility index (Phi) is 3.94. The molecule has 0 bridgehead atoms. The van der Waals surface area contributed by atoms with Gasteiger partial charge in [0.05, 0.1) is 5.02 Å². The van der Waals surface area contributed by atoms with Crippen molar-refractivity contribution in [2.24, 2.45) is 0 Å². The van der Waals surface area contributed by atoms with Gasteiger partial charge in [0.1, 0.15) is 6.04 Å². The van der Waals surface area contributed by atoms with E-state index in [2.05, 4.69) is 26.6 Å². The quantitative estimate of drug-likeness (QED) is 0.895. The number of carbonyl (C=O) groups is 1. The summed E-state index contributed by atoms with van der Waals surface area (Å²) < 4.78 is 0.847. The fraction of sp³-hybridized carbons (Fsp3) is 0.417. The Hall–Kier alpha value is -0.740. The average molecular weight is 318 g/mol. The van der Waals surface area contributed by atoms with Gasteiger partial charge in [-0.15, -0.1) is 0 Å². The number of carbonyl (C=O) groups excluding carboxylic acids is 1. The molecule has 17 heavy (non-hydrogen) atoms. The molecule has 1 aliphatic carbocycles. The number of amides is 1. The summed E-state index contributed by atoms with van der Waals surface area (Å²) in [5.74, 6) is 0.0338. The molecule has 2 rings (SSSR count). The molecule has 1 amide bonds. The highest BCUT2D eigenvalue weighted by Crippen LogP contribution is 2.26. The van der Waals surface area contributed by atoms with Crippen LogP contribution < -0.4 is 10.6 Å². The van der Waals surface area contributed by atoms with Gasteiger partial charge in [-0.25, -0.2) is 0 Å². The molecule has 2 N–H and O–H groups in total. The third-order valence-corrected chi connectivity index (χ3v) is 3.85. The number of halogens is 2. The van der Waals surface area contributed by atoms with E-state index in [0.29, 0.717) is 11.1 Å². The van der Waals surface area contributed by atoms with Crippen LogP contribution in [0.1, 0.15) is 19.8 Å². The van der Waals surface area contributed by atoms with Crippen molar-refractivity contribution in [1.29, 1.82) is 0 Å². The van der Waals surface area contributed by atoms with Gasteiger partial charge in [-0.3, -0.25) is 4.79 Å². The number of nitrogens with one attached hydrogen (secondary N) is 2.